The third-order valence-electron chi connectivity index (χ3n) is 2.94. The van der Waals surface area contributed by atoms with Crippen molar-refractivity contribution in [3.8, 4) is 0 Å². The Morgan fingerprint density at radius 2 is 2.38 bits per heavy atom. The third-order valence-corrected chi connectivity index (χ3v) is 2.94. The Morgan fingerprint density at radius 3 is 3.00 bits per heavy atom. The van der Waals surface area contributed by atoms with Crippen LogP contribution in [0.15, 0.2) is 0 Å². The number of ether oxygens (including phenoxy) is 1. The van der Waals surface area contributed by atoms with Crippen molar-refractivity contribution in [2.24, 2.45) is 0 Å². The summed E-state index contributed by atoms with van der Waals surface area (Å²) < 4.78 is 5.05. The maximum absolute atomic E-state index is 9.14. The van der Waals surface area contributed by atoms with Gasteiger partial charge in [-0.05, 0) is 32.7 Å². The van der Waals surface area contributed by atoms with E-state index in [1.807, 2.05) is 0 Å². The van der Waals surface area contributed by atoms with E-state index < -0.39 is 0 Å². The lowest BCUT2D eigenvalue weighted by atomic mass is 10.1. The van der Waals surface area contributed by atoms with Gasteiger partial charge in [0.2, 0.25) is 0 Å². The Balaban J connectivity index is 2.31. The van der Waals surface area contributed by atoms with E-state index in [1.54, 1.807) is 7.11 Å². The Hall–Kier alpha value is -0.120. The molecule has 1 N–H and O–H groups in total. The van der Waals surface area contributed by atoms with Gasteiger partial charge >= 0.3 is 0 Å². The normalized spacial score (nSPS) is 26.5. The molecule has 1 unspecified atom stereocenters. The van der Waals surface area contributed by atoms with E-state index in [0.29, 0.717) is 18.7 Å². The van der Waals surface area contributed by atoms with Gasteiger partial charge in [0.15, 0.2) is 0 Å². The Morgan fingerprint density at radius 1 is 1.62 bits per heavy atom. The molecule has 1 fully saturated rings. The molecule has 3 heteroatoms. The fourth-order valence-electron chi connectivity index (χ4n) is 2.09. The first-order valence-electron chi connectivity index (χ1n) is 5.15. The fraction of sp³-hybridized carbons (Fsp3) is 1.00. The largest absolute Gasteiger partial charge is 0.395 e. The van der Waals surface area contributed by atoms with Crippen LogP contribution in [0.4, 0.5) is 0 Å². The first-order valence-corrected chi connectivity index (χ1v) is 5.15. The van der Waals surface area contributed by atoms with Crippen LogP contribution in [0.3, 0.4) is 0 Å². The van der Waals surface area contributed by atoms with Gasteiger partial charge in [-0.1, -0.05) is 0 Å². The highest BCUT2D eigenvalue weighted by Gasteiger charge is 2.27. The number of aliphatic hydroxyl groups excluding tert-OH is 1. The molecule has 0 aromatic heterocycles. The summed E-state index contributed by atoms with van der Waals surface area (Å²) in [6, 6.07) is 0.937. The molecule has 0 spiro atoms. The fourth-order valence-corrected chi connectivity index (χ4v) is 2.09. The van der Waals surface area contributed by atoms with Gasteiger partial charge in [0.05, 0.1) is 6.61 Å². The zero-order chi connectivity index (χ0) is 9.68. The number of nitrogens with zero attached hydrogens (tertiary/aromatic N) is 1. The van der Waals surface area contributed by atoms with Gasteiger partial charge in [-0.25, -0.2) is 0 Å². The van der Waals surface area contributed by atoms with Gasteiger partial charge in [0, 0.05) is 25.8 Å². The van der Waals surface area contributed by atoms with E-state index in [2.05, 4.69) is 11.8 Å². The number of likely N-dealkylation sites (tertiary alicyclic amines) is 1. The summed E-state index contributed by atoms with van der Waals surface area (Å²) in [6.07, 6.45) is 3.43. The van der Waals surface area contributed by atoms with Crippen LogP contribution in [0.5, 0.6) is 0 Å². The molecule has 78 valence electrons. The lowest BCUT2D eigenvalue weighted by molar-refractivity contribution is 0.0993. The second-order valence-corrected chi connectivity index (χ2v) is 3.85. The molecule has 1 saturated heterocycles. The van der Waals surface area contributed by atoms with Crippen molar-refractivity contribution in [1.82, 2.24) is 4.90 Å². The SMILES string of the molecule is COCCC(C)N1CCC[C@@H]1CO. The van der Waals surface area contributed by atoms with E-state index in [0.717, 1.165) is 26.0 Å². The van der Waals surface area contributed by atoms with Crippen molar-refractivity contribution in [1.29, 1.82) is 0 Å². The second-order valence-electron chi connectivity index (χ2n) is 3.85. The summed E-state index contributed by atoms with van der Waals surface area (Å²) in [7, 11) is 1.74. The van der Waals surface area contributed by atoms with Crippen molar-refractivity contribution in [2.45, 2.75) is 38.3 Å². The minimum atomic E-state index is 0.303. The molecule has 2 atom stereocenters. The monoisotopic (exact) mass is 187 g/mol. The second kappa shape index (κ2) is 5.58. The van der Waals surface area contributed by atoms with Crippen LogP contribution in [0, 0.1) is 0 Å². The van der Waals surface area contributed by atoms with Crippen molar-refractivity contribution >= 4 is 0 Å². The summed E-state index contributed by atoms with van der Waals surface area (Å²) in [6.45, 7) is 4.47. The van der Waals surface area contributed by atoms with E-state index in [-0.39, 0.29) is 0 Å². The van der Waals surface area contributed by atoms with E-state index in [9.17, 15) is 0 Å². The van der Waals surface area contributed by atoms with Gasteiger partial charge in [-0.15, -0.1) is 0 Å². The number of hydrogen-bond donors (Lipinski definition) is 1. The van der Waals surface area contributed by atoms with Crippen molar-refractivity contribution < 1.29 is 9.84 Å². The lowest BCUT2D eigenvalue weighted by Crippen LogP contribution is -2.39. The van der Waals surface area contributed by atoms with Gasteiger partial charge in [0.25, 0.3) is 0 Å². The molecule has 0 aromatic rings. The molecule has 1 rings (SSSR count). The highest BCUT2D eigenvalue weighted by Crippen LogP contribution is 2.20. The molecule has 13 heavy (non-hydrogen) atoms. The smallest absolute Gasteiger partial charge is 0.0586 e. The quantitative estimate of drug-likeness (QED) is 0.693. The topological polar surface area (TPSA) is 32.7 Å². The molecular weight excluding hydrogens is 166 g/mol. The van der Waals surface area contributed by atoms with Crippen LogP contribution < -0.4 is 0 Å². The first-order chi connectivity index (χ1) is 6.29. The maximum Gasteiger partial charge on any atom is 0.0586 e. The lowest BCUT2D eigenvalue weighted by Gasteiger charge is -2.29. The average molecular weight is 187 g/mol. The predicted molar refractivity (Wildman–Crippen MR) is 52.8 cm³/mol. The van der Waals surface area contributed by atoms with Crippen LogP contribution in [-0.2, 0) is 4.74 Å². The molecule has 1 aliphatic rings. The highest BCUT2D eigenvalue weighted by molar-refractivity contribution is 4.82. The summed E-state index contributed by atoms with van der Waals surface area (Å²) in [5, 5.41) is 9.14. The van der Waals surface area contributed by atoms with Crippen LogP contribution in [0.25, 0.3) is 0 Å². The molecular formula is C10H21NO2. The van der Waals surface area contributed by atoms with E-state index in [1.165, 1.54) is 6.42 Å². The Bertz CT molecular complexity index is 141. The van der Waals surface area contributed by atoms with Crippen molar-refractivity contribution in [2.75, 3.05) is 26.9 Å². The maximum atomic E-state index is 9.14. The standard InChI is InChI=1S/C10H21NO2/c1-9(5-7-13-2)11-6-3-4-10(11)8-12/h9-10,12H,3-8H2,1-2H3/t9?,10-/m1/s1. The summed E-state index contributed by atoms with van der Waals surface area (Å²) in [4.78, 5) is 2.40. The zero-order valence-corrected chi connectivity index (χ0v) is 8.70. The van der Waals surface area contributed by atoms with Gasteiger partial charge in [0.1, 0.15) is 0 Å². The van der Waals surface area contributed by atoms with Gasteiger partial charge < -0.3 is 9.84 Å². The van der Waals surface area contributed by atoms with Gasteiger partial charge in [-0.2, -0.15) is 0 Å². The highest BCUT2D eigenvalue weighted by atomic mass is 16.5. The number of methoxy groups -OCH3 is 1. The molecule has 1 heterocycles. The first kappa shape index (κ1) is 11.0. The summed E-state index contributed by atoms with van der Waals surface area (Å²) >= 11 is 0. The van der Waals surface area contributed by atoms with Crippen LogP contribution in [0.1, 0.15) is 26.2 Å². The van der Waals surface area contributed by atoms with Crippen LogP contribution in [-0.4, -0.2) is 49.0 Å². The molecule has 3 nitrogen and oxygen atoms in total. The zero-order valence-electron chi connectivity index (χ0n) is 8.70. The molecule has 0 aromatic carbocycles. The molecule has 0 saturated carbocycles. The van der Waals surface area contributed by atoms with Crippen LogP contribution in [0.2, 0.25) is 0 Å². The number of rotatable bonds is 5. The summed E-state index contributed by atoms with van der Waals surface area (Å²) in [5.74, 6) is 0. The third kappa shape index (κ3) is 2.93. The number of hydrogen-bond acceptors (Lipinski definition) is 3. The molecule has 0 radical (unpaired) electrons. The summed E-state index contributed by atoms with van der Waals surface area (Å²) in [5.41, 5.74) is 0. The molecule has 0 bridgehead atoms. The Labute approximate surface area is 80.7 Å². The minimum absolute atomic E-state index is 0.303. The molecule has 0 aliphatic carbocycles. The molecule has 0 amide bonds. The Kier molecular flexibility index (Phi) is 4.70. The molecule has 1 aliphatic heterocycles. The average Bonchev–Trinajstić information content (AvgIpc) is 2.61. The van der Waals surface area contributed by atoms with Gasteiger partial charge in [-0.3, -0.25) is 4.90 Å². The predicted octanol–water partition coefficient (Wildman–Crippen LogP) is 0.868. The van der Waals surface area contributed by atoms with Crippen molar-refractivity contribution in [3.05, 3.63) is 0 Å². The van der Waals surface area contributed by atoms with Crippen LogP contribution >= 0.6 is 0 Å². The van der Waals surface area contributed by atoms with Crippen molar-refractivity contribution in [3.63, 3.8) is 0 Å². The van der Waals surface area contributed by atoms with E-state index in [4.69, 9.17) is 9.84 Å². The minimum Gasteiger partial charge on any atom is -0.395 e. The number of aliphatic hydroxyl groups is 1. The van der Waals surface area contributed by atoms with E-state index >= 15 is 0 Å².